The summed E-state index contributed by atoms with van der Waals surface area (Å²) in [5.41, 5.74) is 3.63. The van der Waals surface area contributed by atoms with Crippen LogP contribution in [-0.2, 0) is 0 Å². The maximum absolute atomic E-state index is 3.63. The van der Waals surface area contributed by atoms with Gasteiger partial charge in [-0.15, -0.1) is 0 Å². The number of hydrogen-bond donors (Lipinski definition) is 1. The van der Waals surface area contributed by atoms with Gasteiger partial charge in [0.2, 0.25) is 0 Å². The lowest BCUT2D eigenvalue weighted by molar-refractivity contribution is 0.0950. The number of piperidine rings is 1. The van der Waals surface area contributed by atoms with Crippen LogP contribution in [0.3, 0.4) is 0 Å². The monoisotopic (exact) mass is 269 g/mol. The first kappa shape index (κ1) is 16.9. The number of rotatable bonds is 9. The lowest BCUT2D eigenvalue weighted by Crippen LogP contribution is -2.50. The fraction of sp³-hybridized carbons (Fsp3) is 1.00. The van der Waals surface area contributed by atoms with Crippen molar-refractivity contribution < 1.29 is 0 Å². The summed E-state index contributed by atoms with van der Waals surface area (Å²) in [5, 5.41) is 2.32. The molecule has 0 aromatic carbocycles. The van der Waals surface area contributed by atoms with Gasteiger partial charge in [0.1, 0.15) is 0 Å². The van der Waals surface area contributed by atoms with Crippen molar-refractivity contribution in [3.8, 4) is 0 Å². The molecule has 1 heterocycles. The second-order valence-electron chi connectivity index (χ2n) is 6.21. The molecular weight excluding hydrogens is 234 g/mol. The van der Waals surface area contributed by atoms with E-state index >= 15 is 0 Å². The van der Waals surface area contributed by atoms with Crippen LogP contribution in [0.25, 0.3) is 0 Å². The molecule has 0 saturated carbocycles. The van der Waals surface area contributed by atoms with Gasteiger partial charge in [-0.2, -0.15) is 0 Å². The van der Waals surface area contributed by atoms with Crippen LogP contribution in [0.2, 0.25) is 0 Å². The van der Waals surface area contributed by atoms with Crippen LogP contribution in [0.15, 0.2) is 0 Å². The molecule has 1 rings (SSSR count). The zero-order valence-electron chi connectivity index (χ0n) is 13.6. The van der Waals surface area contributed by atoms with Gasteiger partial charge >= 0.3 is 0 Å². The quantitative estimate of drug-likeness (QED) is 0.648. The molecule has 2 unspecified atom stereocenters. The molecule has 0 bridgehead atoms. The van der Waals surface area contributed by atoms with E-state index in [9.17, 15) is 0 Å². The fourth-order valence-corrected chi connectivity index (χ4v) is 3.11. The number of likely N-dealkylation sites (tertiary alicyclic amines) is 1. The molecule has 3 nitrogen and oxygen atoms in total. The van der Waals surface area contributed by atoms with Crippen LogP contribution in [0.1, 0.15) is 65.7 Å². The average molecular weight is 269 g/mol. The van der Waals surface area contributed by atoms with Crippen LogP contribution in [-0.4, -0.2) is 48.7 Å². The first-order chi connectivity index (χ1) is 9.17. The van der Waals surface area contributed by atoms with Gasteiger partial charge in [0.05, 0.1) is 0 Å². The molecule has 1 saturated heterocycles. The topological polar surface area (TPSA) is 18.5 Å². The number of hydrogen-bond acceptors (Lipinski definition) is 3. The molecule has 1 N–H and O–H groups in total. The van der Waals surface area contributed by atoms with Gasteiger partial charge in [-0.25, -0.2) is 5.01 Å². The van der Waals surface area contributed by atoms with E-state index in [1.54, 1.807) is 0 Å². The van der Waals surface area contributed by atoms with Crippen molar-refractivity contribution in [2.24, 2.45) is 0 Å². The van der Waals surface area contributed by atoms with Crippen LogP contribution in [0.4, 0.5) is 0 Å². The maximum atomic E-state index is 3.63. The molecule has 2 atom stereocenters. The zero-order chi connectivity index (χ0) is 14.1. The minimum absolute atomic E-state index is 0.601. The molecule has 114 valence electrons. The van der Waals surface area contributed by atoms with Gasteiger partial charge < -0.3 is 0 Å². The number of likely N-dealkylation sites (N-methyl/N-ethyl adjacent to an activating group) is 1. The number of unbranched alkanes of at least 4 members (excludes halogenated alkanes) is 1. The smallest absolute Gasteiger partial charge is 0.0284 e. The van der Waals surface area contributed by atoms with Crippen LogP contribution in [0.5, 0.6) is 0 Å². The van der Waals surface area contributed by atoms with Crippen molar-refractivity contribution in [1.29, 1.82) is 0 Å². The molecule has 19 heavy (non-hydrogen) atoms. The highest BCUT2D eigenvalue weighted by molar-refractivity contribution is 4.76. The van der Waals surface area contributed by atoms with Gasteiger partial charge in [0.25, 0.3) is 0 Å². The van der Waals surface area contributed by atoms with Crippen LogP contribution >= 0.6 is 0 Å². The Morgan fingerprint density at radius 1 is 1.16 bits per heavy atom. The highest BCUT2D eigenvalue weighted by Gasteiger charge is 2.20. The summed E-state index contributed by atoms with van der Waals surface area (Å²) in [6.45, 7) is 10.6. The van der Waals surface area contributed by atoms with Crippen molar-refractivity contribution in [3.05, 3.63) is 0 Å². The minimum Gasteiger partial charge on any atom is -0.299 e. The second kappa shape index (κ2) is 9.73. The van der Waals surface area contributed by atoms with E-state index < -0.39 is 0 Å². The summed E-state index contributed by atoms with van der Waals surface area (Å²) in [6, 6.07) is 1.32. The van der Waals surface area contributed by atoms with E-state index in [2.05, 4.69) is 43.2 Å². The maximum Gasteiger partial charge on any atom is 0.0284 e. The van der Waals surface area contributed by atoms with Crippen molar-refractivity contribution >= 4 is 0 Å². The Balaban J connectivity index is 2.29. The highest BCUT2D eigenvalue weighted by atomic mass is 15.5. The molecule has 0 spiro atoms. The average Bonchev–Trinajstić information content (AvgIpc) is 2.43. The zero-order valence-corrected chi connectivity index (χ0v) is 13.6. The van der Waals surface area contributed by atoms with Crippen molar-refractivity contribution in [1.82, 2.24) is 15.3 Å². The van der Waals surface area contributed by atoms with Crippen molar-refractivity contribution in [3.63, 3.8) is 0 Å². The summed E-state index contributed by atoms with van der Waals surface area (Å²) in [7, 11) is 2.20. The van der Waals surface area contributed by atoms with Crippen molar-refractivity contribution in [2.75, 3.05) is 26.7 Å². The molecule has 3 heteroatoms. The number of hydrazine groups is 1. The lowest BCUT2D eigenvalue weighted by Gasteiger charge is -2.37. The second-order valence-corrected chi connectivity index (χ2v) is 6.21. The summed E-state index contributed by atoms with van der Waals surface area (Å²) in [6.07, 6.45) is 9.36. The Morgan fingerprint density at radius 3 is 2.42 bits per heavy atom. The first-order valence-electron chi connectivity index (χ1n) is 8.38. The Bertz CT molecular complexity index is 214. The van der Waals surface area contributed by atoms with E-state index in [4.69, 9.17) is 0 Å². The predicted molar refractivity (Wildman–Crippen MR) is 84.3 cm³/mol. The van der Waals surface area contributed by atoms with Crippen LogP contribution < -0.4 is 5.43 Å². The summed E-state index contributed by atoms with van der Waals surface area (Å²) in [5.74, 6) is 0. The largest absolute Gasteiger partial charge is 0.299 e. The SMILES string of the molecule is CCCCC(C)NN(C)CC(CC)N1CCCCC1. The van der Waals surface area contributed by atoms with Gasteiger partial charge in [0.15, 0.2) is 0 Å². The molecule has 1 aliphatic rings. The molecule has 0 amide bonds. The molecule has 0 aromatic rings. The van der Waals surface area contributed by atoms with Gasteiger partial charge in [-0.05, 0) is 45.7 Å². The van der Waals surface area contributed by atoms with Gasteiger partial charge in [0, 0.05) is 25.7 Å². The number of nitrogens with one attached hydrogen (secondary N) is 1. The molecule has 0 aliphatic carbocycles. The Morgan fingerprint density at radius 2 is 1.84 bits per heavy atom. The molecule has 0 radical (unpaired) electrons. The predicted octanol–water partition coefficient (Wildman–Crippen LogP) is 3.27. The lowest BCUT2D eigenvalue weighted by atomic mass is 10.1. The number of nitrogens with zero attached hydrogens (tertiary/aromatic N) is 2. The first-order valence-corrected chi connectivity index (χ1v) is 8.38. The fourth-order valence-electron chi connectivity index (χ4n) is 3.11. The Kier molecular flexibility index (Phi) is 8.67. The third kappa shape index (κ3) is 6.73. The Hall–Kier alpha value is -0.120. The molecular formula is C16H35N3. The summed E-state index contributed by atoms with van der Waals surface area (Å²) in [4.78, 5) is 2.69. The van der Waals surface area contributed by atoms with E-state index in [0.717, 1.165) is 12.6 Å². The normalized spacial score (nSPS) is 20.7. The standard InChI is InChI=1S/C16H35N3/c1-5-7-11-15(3)17-18(4)14-16(6-2)19-12-9-8-10-13-19/h15-17H,5-14H2,1-4H3. The molecule has 1 fully saturated rings. The van der Waals surface area contributed by atoms with Crippen molar-refractivity contribution in [2.45, 2.75) is 77.8 Å². The summed E-state index contributed by atoms with van der Waals surface area (Å²) < 4.78 is 0. The van der Waals surface area contributed by atoms with Gasteiger partial charge in [-0.3, -0.25) is 10.3 Å². The van der Waals surface area contributed by atoms with Gasteiger partial charge in [-0.1, -0.05) is 33.1 Å². The molecule has 0 aromatic heterocycles. The van der Waals surface area contributed by atoms with E-state index in [-0.39, 0.29) is 0 Å². The van der Waals surface area contributed by atoms with E-state index in [1.165, 1.54) is 58.0 Å². The van der Waals surface area contributed by atoms with E-state index in [0.29, 0.717) is 6.04 Å². The minimum atomic E-state index is 0.601. The van der Waals surface area contributed by atoms with Crippen LogP contribution in [0, 0.1) is 0 Å². The van der Waals surface area contributed by atoms with E-state index in [1.807, 2.05) is 0 Å². The third-order valence-electron chi connectivity index (χ3n) is 4.29. The third-order valence-corrected chi connectivity index (χ3v) is 4.29. The summed E-state index contributed by atoms with van der Waals surface area (Å²) >= 11 is 0. The Labute approximate surface area is 120 Å². The highest BCUT2D eigenvalue weighted by Crippen LogP contribution is 2.14. The molecule has 1 aliphatic heterocycles.